The molecule has 1 aliphatic carbocycles. The van der Waals surface area contributed by atoms with E-state index >= 15 is 0 Å². The van der Waals surface area contributed by atoms with E-state index in [1.165, 1.54) is 16.3 Å². The van der Waals surface area contributed by atoms with Gasteiger partial charge in [0.05, 0.1) is 12.0 Å². The minimum absolute atomic E-state index is 0.0249. The van der Waals surface area contributed by atoms with Crippen molar-refractivity contribution in [2.24, 2.45) is 11.3 Å². The van der Waals surface area contributed by atoms with Gasteiger partial charge in [-0.15, -0.1) is 0 Å². The summed E-state index contributed by atoms with van der Waals surface area (Å²) in [4.78, 5) is 12.0. The Hall–Kier alpha value is -1.83. The Labute approximate surface area is 112 Å². The van der Waals surface area contributed by atoms with E-state index < -0.39 is 0 Å². The maximum atomic E-state index is 12.0. The lowest BCUT2D eigenvalue weighted by Crippen LogP contribution is -2.43. The Morgan fingerprint density at radius 1 is 1.16 bits per heavy atom. The van der Waals surface area contributed by atoms with Gasteiger partial charge in [0.15, 0.2) is 0 Å². The topological polar surface area (TPSA) is 26.3 Å². The Morgan fingerprint density at radius 2 is 2.00 bits per heavy atom. The normalized spacial score (nSPS) is 28.8. The standard InChI is InChI=1S/C17H16O2/c18-16-17(8-7-15(17)11-19-16)10-12-5-6-13-3-1-2-4-14(13)9-12/h1-6,9,15H,7-8,10-11H2. The summed E-state index contributed by atoms with van der Waals surface area (Å²) in [6.07, 6.45) is 2.96. The molecule has 2 atom stereocenters. The number of ether oxygens (including phenoxy) is 1. The Bertz CT molecular complexity index is 661. The maximum Gasteiger partial charge on any atom is 0.312 e. The van der Waals surface area contributed by atoms with Crippen LogP contribution < -0.4 is 0 Å². The molecule has 0 radical (unpaired) electrons. The zero-order chi connectivity index (χ0) is 12.9. The largest absolute Gasteiger partial charge is 0.465 e. The molecule has 2 heteroatoms. The molecule has 0 spiro atoms. The van der Waals surface area contributed by atoms with Crippen LogP contribution in [0.1, 0.15) is 18.4 Å². The molecule has 1 heterocycles. The number of hydrogen-bond acceptors (Lipinski definition) is 2. The Balaban J connectivity index is 1.70. The molecule has 1 saturated carbocycles. The summed E-state index contributed by atoms with van der Waals surface area (Å²) in [6.45, 7) is 0.631. The molecule has 4 rings (SSSR count). The van der Waals surface area contributed by atoms with Crippen LogP contribution in [-0.4, -0.2) is 12.6 Å². The lowest BCUT2D eigenvalue weighted by molar-refractivity contribution is -0.149. The van der Waals surface area contributed by atoms with E-state index in [4.69, 9.17) is 4.74 Å². The van der Waals surface area contributed by atoms with Crippen LogP contribution in [0.3, 0.4) is 0 Å². The minimum Gasteiger partial charge on any atom is -0.465 e. The molecular formula is C17H16O2. The maximum absolute atomic E-state index is 12.0. The van der Waals surface area contributed by atoms with E-state index in [-0.39, 0.29) is 11.4 Å². The average Bonchev–Trinajstić information content (AvgIpc) is 2.62. The second-order valence-electron chi connectivity index (χ2n) is 5.85. The van der Waals surface area contributed by atoms with E-state index in [0.29, 0.717) is 12.5 Å². The van der Waals surface area contributed by atoms with Crippen LogP contribution in [0.25, 0.3) is 10.8 Å². The highest BCUT2D eigenvalue weighted by Gasteiger charge is 2.58. The number of fused-ring (bicyclic) bond motifs is 2. The van der Waals surface area contributed by atoms with Crippen LogP contribution in [0.5, 0.6) is 0 Å². The molecular weight excluding hydrogens is 236 g/mol. The summed E-state index contributed by atoms with van der Waals surface area (Å²) in [5, 5.41) is 2.50. The molecule has 0 amide bonds. The summed E-state index contributed by atoms with van der Waals surface area (Å²) < 4.78 is 5.26. The molecule has 2 nitrogen and oxygen atoms in total. The minimum atomic E-state index is -0.206. The zero-order valence-electron chi connectivity index (χ0n) is 10.8. The van der Waals surface area contributed by atoms with Gasteiger partial charge in [0.25, 0.3) is 0 Å². The smallest absolute Gasteiger partial charge is 0.312 e. The van der Waals surface area contributed by atoms with Crippen LogP contribution in [-0.2, 0) is 16.0 Å². The van der Waals surface area contributed by atoms with Crippen LogP contribution in [0, 0.1) is 11.3 Å². The van der Waals surface area contributed by atoms with Crippen molar-refractivity contribution in [1.82, 2.24) is 0 Å². The first-order chi connectivity index (χ1) is 9.28. The van der Waals surface area contributed by atoms with Crippen molar-refractivity contribution in [2.75, 3.05) is 6.61 Å². The summed E-state index contributed by atoms with van der Waals surface area (Å²) in [6, 6.07) is 14.9. The highest BCUT2D eigenvalue weighted by Crippen LogP contribution is 2.53. The first kappa shape index (κ1) is 11.0. The number of esters is 1. The fraction of sp³-hybridized carbons (Fsp3) is 0.353. The van der Waals surface area contributed by atoms with E-state index in [0.717, 1.165) is 19.3 Å². The predicted octanol–water partition coefficient (Wildman–Crippen LogP) is 3.34. The van der Waals surface area contributed by atoms with Crippen molar-refractivity contribution in [3.05, 3.63) is 48.0 Å². The Kier molecular flexibility index (Phi) is 2.22. The molecule has 2 unspecified atom stereocenters. The van der Waals surface area contributed by atoms with Crippen molar-refractivity contribution in [3.63, 3.8) is 0 Å². The molecule has 96 valence electrons. The van der Waals surface area contributed by atoms with Gasteiger partial charge in [-0.25, -0.2) is 0 Å². The molecule has 2 fully saturated rings. The van der Waals surface area contributed by atoms with Crippen molar-refractivity contribution in [1.29, 1.82) is 0 Å². The molecule has 0 N–H and O–H groups in total. The summed E-state index contributed by atoms with van der Waals surface area (Å²) in [5.74, 6) is 0.475. The summed E-state index contributed by atoms with van der Waals surface area (Å²) in [7, 11) is 0. The van der Waals surface area contributed by atoms with Crippen molar-refractivity contribution in [3.8, 4) is 0 Å². The number of rotatable bonds is 2. The molecule has 1 saturated heterocycles. The van der Waals surface area contributed by atoms with Crippen LogP contribution in [0.2, 0.25) is 0 Å². The summed E-state index contributed by atoms with van der Waals surface area (Å²) >= 11 is 0. The van der Waals surface area contributed by atoms with E-state index in [1.807, 2.05) is 0 Å². The fourth-order valence-corrected chi connectivity index (χ4v) is 3.55. The molecule has 0 aromatic heterocycles. The first-order valence-corrected chi connectivity index (χ1v) is 6.93. The van der Waals surface area contributed by atoms with Crippen molar-refractivity contribution >= 4 is 16.7 Å². The van der Waals surface area contributed by atoms with Crippen LogP contribution in [0.15, 0.2) is 42.5 Å². The van der Waals surface area contributed by atoms with Gasteiger partial charge in [0.1, 0.15) is 0 Å². The number of cyclic esters (lactones) is 1. The monoisotopic (exact) mass is 252 g/mol. The number of benzene rings is 2. The molecule has 0 bridgehead atoms. The van der Waals surface area contributed by atoms with Gasteiger partial charge in [-0.05, 0) is 35.6 Å². The number of carbonyl (C=O) groups is 1. The molecule has 1 aliphatic heterocycles. The second-order valence-corrected chi connectivity index (χ2v) is 5.85. The molecule has 2 aromatic rings. The van der Waals surface area contributed by atoms with Gasteiger partial charge < -0.3 is 4.74 Å². The van der Waals surface area contributed by atoms with Crippen molar-refractivity contribution < 1.29 is 9.53 Å². The van der Waals surface area contributed by atoms with Crippen LogP contribution in [0.4, 0.5) is 0 Å². The second kappa shape index (κ2) is 3.83. The summed E-state index contributed by atoms with van der Waals surface area (Å²) in [5.41, 5.74) is 1.05. The van der Waals surface area contributed by atoms with E-state index in [1.54, 1.807) is 0 Å². The lowest BCUT2D eigenvalue weighted by Gasteiger charge is -2.40. The molecule has 2 aliphatic rings. The Morgan fingerprint density at radius 3 is 2.74 bits per heavy atom. The number of hydrogen-bond donors (Lipinski definition) is 0. The van der Waals surface area contributed by atoms with Gasteiger partial charge in [-0.2, -0.15) is 0 Å². The zero-order valence-corrected chi connectivity index (χ0v) is 10.8. The third-order valence-electron chi connectivity index (χ3n) is 4.88. The van der Waals surface area contributed by atoms with E-state index in [2.05, 4.69) is 42.5 Å². The third kappa shape index (κ3) is 1.52. The van der Waals surface area contributed by atoms with Gasteiger partial charge in [0.2, 0.25) is 0 Å². The van der Waals surface area contributed by atoms with E-state index in [9.17, 15) is 4.79 Å². The van der Waals surface area contributed by atoms with Gasteiger partial charge >= 0.3 is 5.97 Å². The van der Waals surface area contributed by atoms with Gasteiger partial charge in [-0.3, -0.25) is 4.79 Å². The highest BCUT2D eigenvalue weighted by molar-refractivity contribution is 5.84. The quantitative estimate of drug-likeness (QED) is 0.766. The molecule has 2 aromatic carbocycles. The molecule has 19 heavy (non-hydrogen) atoms. The SMILES string of the molecule is O=C1OCC2CCC12Cc1ccc2ccccc2c1. The average molecular weight is 252 g/mol. The highest BCUT2D eigenvalue weighted by atomic mass is 16.5. The predicted molar refractivity (Wildman–Crippen MR) is 73.8 cm³/mol. The van der Waals surface area contributed by atoms with Crippen molar-refractivity contribution in [2.45, 2.75) is 19.3 Å². The van der Waals surface area contributed by atoms with Gasteiger partial charge in [-0.1, -0.05) is 42.5 Å². The lowest BCUT2D eigenvalue weighted by atomic mass is 9.59. The fourth-order valence-electron chi connectivity index (χ4n) is 3.55. The van der Waals surface area contributed by atoms with Gasteiger partial charge in [0, 0.05) is 5.92 Å². The third-order valence-corrected chi connectivity index (χ3v) is 4.88. The first-order valence-electron chi connectivity index (χ1n) is 6.93. The number of carbonyl (C=O) groups excluding carboxylic acids is 1. The van der Waals surface area contributed by atoms with Crippen LogP contribution >= 0.6 is 0 Å².